The highest BCUT2D eigenvalue weighted by Gasteiger charge is 2.29. The lowest BCUT2D eigenvalue weighted by Crippen LogP contribution is -2.03. The predicted molar refractivity (Wildman–Crippen MR) is 134 cm³/mol. The quantitative estimate of drug-likeness (QED) is 0.195. The Morgan fingerprint density at radius 2 is 1.68 bits per heavy atom. The Kier molecular flexibility index (Phi) is 7.02. The monoisotopic (exact) mass is 504 g/mol. The Morgan fingerprint density at radius 3 is 2.41 bits per heavy atom. The number of benzene rings is 3. The molecule has 0 radical (unpaired) electrons. The minimum atomic E-state index is -4.36. The largest absolute Gasteiger partial charge is 0.457 e. The summed E-state index contributed by atoms with van der Waals surface area (Å²) in [5, 5.41) is 7.78. The van der Waals surface area contributed by atoms with Crippen molar-refractivity contribution in [3.05, 3.63) is 102 Å². The fraction of sp³-hybridized carbons (Fsp3) is 0.179. The van der Waals surface area contributed by atoms with Crippen LogP contribution in [0, 0.1) is 0 Å². The van der Waals surface area contributed by atoms with Gasteiger partial charge in [-0.25, -0.2) is 4.98 Å². The number of nitrogens with zero attached hydrogens (tertiary/aromatic N) is 4. The van der Waals surface area contributed by atoms with Crippen molar-refractivity contribution in [3.63, 3.8) is 0 Å². The maximum Gasteiger partial charge on any atom is 0.416 e. The molecule has 0 saturated carbocycles. The normalized spacial score (nSPS) is 12.0. The molecule has 2 heterocycles. The number of oxazole rings is 1. The van der Waals surface area contributed by atoms with Crippen LogP contribution in [0.2, 0.25) is 0 Å². The Hall–Kier alpha value is -4.40. The zero-order valence-corrected chi connectivity index (χ0v) is 19.7. The summed E-state index contributed by atoms with van der Waals surface area (Å²) in [6, 6.07) is 18.3. The molecule has 0 N–H and O–H groups in total. The van der Waals surface area contributed by atoms with Crippen LogP contribution in [0.15, 0.2) is 83.5 Å². The van der Waals surface area contributed by atoms with Crippen molar-refractivity contribution in [2.24, 2.45) is 0 Å². The molecule has 0 aliphatic carbocycles. The van der Waals surface area contributed by atoms with Crippen molar-refractivity contribution in [3.8, 4) is 11.5 Å². The lowest BCUT2D eigenvalue weighted by atomic mass is 10.1. The van der Waals surface area contributed by atoms with Crippen LogP contribution in [0.1, 0.15) is 35.4 Å². The molecule has 37 heavy (non-hydrogen) atoms. The van der Waals surface area contributed by atoms with Gasteiger partial charge in [-0.1, -0.05) is 29.5 Å². The van der Waals surface area contributed by atoms with Crippen LogP contribution in [0.4, 0.5) is 13.2 Å². The van der Waals surface area contributed by atoms with Crippen molar-refractivity contribution in [1.82, 2.24) is 20.0 Å². The molecule has 0 aliphatic heterocycles. The summed E-state index contributed by atoms with van der Waals surface area (Å²) in [6.45, 7) is 0.859. The van der Waals surface area contributed by atoms with Gasteiger partial charge in [0.1, 0.15) is 17.0 Å². The lowest BCUT2D eigenvalue weighted by molar-refractivity contribution is -0.137. The molecule has 3 aromatic carbocycles. The molecule has 5 aromatic rings. The highest BCUT2D eigenvalue weighted by molar-refractivity contribution is 5.77. The topological polar surface area (TPSA) is 66.0 Å². The van der Waals surface area contributed by atoms with Gasteiger partial charge < -0.3 is 9.15 Å². The van der Waals surface area contributed by atoms with E-state index < -0.39 is 11.7 Å². The van der Waals surface area contributed by atoms with Gasteiger partial charge in [-0.05, 0) is 72.9 Å². The van der Waals surface area contributed by atoms with Crippen molar-refractivity contribution in [1.29, 1.82) is 0 Å². The Labute approximate surface area is 211 Å². The number of fused-ring (bicyclic) bond motifs is 1. The molecule has 0 spiro atoms. The van der Waals surface area contributed by atoms with E-state index in [1.165, 1.54) is 17.7 Å². The molecule has 0 bridgehead atoms. The maximum absolute atomic E-state index is 12.7. The van der Waals surface area contributed by atoms with Gasteiger partial charge in [0.2, 0.25) is 5.89 Å². The van der Waals surface area contributed by atoms with Crippen molar-refractivity contribution >= 4 is 23.3 Å². The number of hydrogen-bond acceptors (Lipinski definition) is 5. The zero-order chi connectivity index (χ0) is 25.7. The van der Waals surface area contributed by atoms with E-state index in [1.54, 1.807) is 36.5 Å². The molecule has 5 rings (SSSR count). The molecule has 6 nitrogen and oxygen atoms in total. The fourth-order valence-electron chi connectivity index (χ4n) is 3.83. The van der Waals surface area contributed by atoms with E-state index in [0.717, 1.165) is 43.7 Å². The average Bonchev–Trinajstić information content (AvgIpc) is 3.55. The third-order valence-corrected chi connectivity index (χ3v) is 5.77. The second-order valence-electron chi connectivity index (χ2n) is 8.50. The van der Waals surface area contributed by atoms with Crippen molar-refractivity contribution in [2.45, 2.75) is 32.0 Å². The van der Waals surface area contributed by atoms with E-state index in [4.69, 9.17) is 9.15 Å². The molecule has 188 valence electrons. The number of ether oxygens (including phenoxy) is 1. The van der Waals surface area contributed by atoms with Gasteiger partial charge >= 0.3 is 6.18 Å². The molecule has 9 heteroatoms. The highest BCUT2D eigenvalue weighted by atomic mass is 19.4. The number of unbranched alkanes of at least 4 members (excludes halogenated alkanes) is 1. The Bertz CT molecular complexity index is 1470. The van der Waals surface area contributed by atoms with Crippen LogP contribution >= 0.6 is 0 Å². The number of alkyl halides is 3. The minimum Gasteiger partial charge on any atom is -0.457 e. The van der Waals surface area contributed by atoms with Gasteiger partial charge in [0.15, 0.2) is 5.58 Å². The van der Waals surface area contributed by atoms with Crippen LogP contribution in [0.3, 0.4) is 0 Å². The molecule has 2 aromatic heterocycles. The maximum atomic E-state index is 12.7. The molecule has 0 aliphatic rings. The van der Waals surface area contributed by atoms with Gasteiger partial charge in [-0.2, -0.15) is 13.2 Å². The van der Waals surface area contributed by atoms with E-state index in [1.807, 2.05) is 23.0 Å². The molecule has 0 saturated heterocycles. The average molecular weight is 505 g/mol. The number of rotatable bonds is 9. The first-order valence-corrected chi connectivity index (χ1v) is 11.8. The van der Waals surface area contributed by atoms with E-state index in [0.29, 0.717) is 28.3 Å². The second kappa shape index (κ2) is 10.7. The van der Waals surface area contributed by atoms with Crippen molar-refractivity contribution in [2.75, 3.05) is 0 Å². The summed E-state index contributed by atoms with van der Waals surface area (Å²) in [5.41, 5.74) is 2.36. The van der Waals surface area contributed by atoms with Crippen LogP contribution in [-0.2, 0) is 19.1 Å². The molecule has 0 amide bonds. The molecular formula is C28H23F3N4O2. The van der Waals surface area contributed by atoms with E-state index >= 15 is 0 Å². The number of hydrogen-bond donors (Lipinski definition) is 0. The molecular weight excluding hydrogens is 481 g/mol. The number of aromatic nitrogens is 4. The summed E-state index contributed by atoms with van der Waals surface area (Å²) in [7, 11) is 0. The Balaban J connectivity index is 1.17. The van der Waals surface area contributed by atoms with Crippen LogP contribution in [0.25, 0.3) is 23.3 Å². The Morgan fingerprint density at radius 1 is 0.892 bits per heavy atom. The smallest absolute Gasteiger partial charge is 0.416 e. The standard InChI is InChI=1S/C28H23F3N4O2/c29-28(30,31)22-9-4-21(5-10-22)8-15-27-33-25-19-24(13-14-26(25)37-27)36-23-11-6-20(7-12-23)3-1-2-17-35-18-16-32-34-35/h4-16,18-19H,1-3,17H2. The predicted octanol–water partition coefficient (Wildman–Crippen LogP) is 7.42. The third-order valence-electron chi connectivity index (χ3n) is 5.77. The zero-order valence-electron chi connectivity index (χ0n) is 19.7. The SMILES string of the molecule is FC(F)(F)c1ccc(C=Cc2nc3cc(Oc4ccc(CCCCn5ccnn5)cc4)ccc3o2)cc1. The lowest BCUT2D eigenvalue weighted by Gasteiger charge is -2.07. The number of halogens is 3. The van der Waals surface area contributed by atoms with Gasteiger partial charge in [0.05, 0.1) is 11.8 Å². The summed E-state index contributed by atoms with van der Waals surface area (Å²) >= 11 is 0. The van der Waals surface area contributed by atoms with Gasteiger partial charge in [-0.3, -0.25) is 4.68 Å². The van der Waals surface area contributed by atoms with Crippen LogP contribution in [0.5, 0.6) is 11.5 Å². The van der Waals surface area contributed by atoms with E-state index in [-0.39, 0.29) is 0 Å². The summed E-state index contributed by atoms with van der Waals surface area (Å²) in [4.78, 5) is 4.44. The van der Waals surface area contributed by atoms with Gasteiger partial charge in [-0.15, -0.1) is 5.10 Å². The van der Waals surface area contributed by atoms with Crippen LogP contribution in [-0.4, -0.2) is 20.0 Å². The molecule has 0 unspecified atom stereocenters. The number of aryl methyl sites for hydroxylation is 2. The summed E-state index contributed by atoms with van der Waals surface area (Å²) in [5.74, 6) is 1.69. The first kappa shape index (κ1) is 24.3. The van der Waals surface area contributed by atoms with Crippen molar-refractivity contribution < 1.29 is 22.3 Å². The first-order chi connectivity index (χ1) is 17.9. The van der Waals surface area contributed by atoms with E-state index in [2.05, 4.69) is 27.4 Å². The minimum absolute atomic E-state index is 0.347. The first-order valence-electron chi connectivity index (χ1n) is 11.8. The highest BCUT2D eigenvalue weighted by Crippen LogP contribution is 2.30. The molecule has 0 atom stereocenters. The van der Waals surface area contributed by atoms with Gasteiger partial charge in [0.25, 0.3) is 0 Å². The van der Waals surface area contributed by atoms with E-state index in [9.17, 15) is 13.2 Å². The third kappa shape index (κ3) is 6.43. The summed E-state index contributed by atoms with van der Waals surface area (Å²) < 4.78 is 51.7. The summed E-state index contributed by atoms with van der Waals surface area (Å²) in [6.07, 6.45) is 5.52. The fourth-order valence-corrected chi connectivity index (χ4v) is 3.83. The van der Waals surface area contributed by atoms with Gasteiger partial charge in [0, 0.05) is 24.9 Å². The second-order valence-corrected chi connectivity index (χ2v) is 8.50. The van der Waals surface area contributed by atoms with Crippen LogP contribution < -0.4 is 4.74 Å². The molecule has 0 fully saturated rings.